The third-order valence-corrected chi connectivity index (χ3v) is 2.99. The second-order valence-electron chi connectivity index (χ2n) is 4.76. The Hall–Kier alpha value is -2.29. The molecule has 0 aromatic heterocycles. The van der Waals surface area contributed by atoms with Gasteiger partial charge in [0.05, 0.1) is 5.92 Å². The number of hydrogen-bond donors (Lipinski definition) is 1. The van der Waals surface area contributed by atoms with Gasteiger partial charge in [0.25, 0.3) is 0 Å². The van der Waals surface area contributed by atoms with E-state index in [2.05, 4.69) is 0 Å². The Morgan fingerprint density at radius 3 is 2.58 bits per heavy atom. The zero-order valence-corrected chi connectivity index (χ0v) is 11.2. The molecule has 1 aliphatic rings. The maximum atomic E-state index is 12.5. The summed E-state index contributed by atoms with van der Waals surface area (Å²) in [5.74, 6) is -0.240. The molecule has 1 aromatic rings. The van der Waals surface area contributed by atoms with Crippen LogP contribution < -0.4 is 5.73 Å². The number of rotatable bonds is 3. The number of carbonyl (C=O) groups excluding carboxylic acids is 1. The molecule has 0 saturated carbocycles. The van der Waals surface area contributed by atoms with Crippen molar-refractivity contribution in [3.05, 3.63) is 71.6 Å². The van der Waals surface area contributed by atoms with Crippen molar-refractivity contribution in [1.29, 1.82) is 0 Å². The molecule has 0 bridgehead atoms. The van der Waals surface area contributed by atoms with E-state index >= 15 is 0 Å². The lowest BCUT2D eigenvalue weighted by Crippen LogP contribution is -2.23. The van der Waals surface area contributed by atoms with E-state index in [1.54, 1.807) is 0 Å². The van der Waals surface area contributed by atoms with Gasteiger partial charge in [-0.2, -0.15) is 0 Å². The summed E-state index contributed by atoms with van der Waals surface area (Å²) in [5, 5.41) is 0. The number of benzene rings is 1. The van der Waals surface area contributed by atoms with Crippen LogP contribution in [0.4, 0.5) is 0 Å². The van der Waals surface area contributed by atoms with Crippen molar-refractivity contribution in [2.75, 3.05) is 14.1 Å². The lowest BCUT2D eigenvalue weighted by atomic mass is 9.86. The predicted molar refractivity (Wildman–Crippen MR) is 77.4 cm³/mol. The van der Waals surface area contributed by atoms with Crippen LogP contribution in [0.5, 0.6) is 0 Å². The van der Waals surface area contributed by atoms with Crippen molar-refractivity contribution < 1.29 is 4.79 Å². The first-order chi connectivity index (χ1) is 9.09. The van der Waals surface area contributed by atoms with E-state index in [9.17, 15) is 4.79 Å². The summed E-state index contributed by atoms with van der Waals surface area (Å²) in [6.45, 7) is 0. The van der Waals surface area contributed by atoms with Crippen LogP contribution in [0.1, 0.15) is 10.4 Å². The Morgan fingerprint density at radius 2 is 1.95 bits per heavy atom. The van der Waals surface area contributed by atoms with E-state index in [1.807, 2.05) is 73.8 Å². The highest BCUT2D eigenvalue weighted by atomic mass is 16.1. The topological polar surface area (TPSA) is 46.3 Å². The highest BCUT2D eigenvalue weighted by molar-refractivity contribution is 6.01. The van der Waals surface area contributed by atoms with Gasteiger partial charge in [-0.1, -0.05) is 42.5 Å². The number of nitrogens with two attached hydrogens (primary N) is 1. The molecule has 0 heterocycles. The molecule has 19 heavy (non-hydrogen) atoms. The van der Waals surface area contributed by atoms with Crippen LogP contribution in [-0.4, -0.2) is 24.8 Å². The van der Waals surface area contributed by atoms with Crippen LogP contribution in [0.3, 0.4) is 0 Å². The Morgan fingerprint density at radius 1 is 1.26 bits per heavy atom. The number of allylic oxidation sites excluding steroid dienone is 4. The van der Waals surface area contributed by atoms with Crippen LogP contribution in [-0.2, 0) is 0 Å². The lowest BCUT2D eigenvalue weighted by molar-refractivity contribution is 0.0960. The smallest absolute Gasteiger partial charge is 0.174 e. The standard InChI is InChI=1S/C16H18N2O/c1-18(2)11-14-13(9-6-10-15(14)17)16(19)12-7-4-3-5-8-12/h3-11,13H,17H2,1-2H3. The van der Waals surface area contributed by atoms with Gasteiger partial charge in [-0.25, -0.2) is 0 Å². The van der Waals surface area contributed by atoms with Crippen molar-refractivity contribution in [3.8, 4) is 0 Å². The largest absolute Gasteiger partial charge is 0.398 e. The molecule has 1 atom stereocenters. The minimum Gasteiger partial charge on any atom is -0.398 e. The molecule has 2 N–H and O–H groups in total. The van der Waals surface area contributed by atoms with E-state index in [-0.39, 0.29) is 11.7 Å². The molecule has 0 aliphatic heterocycles. The normalized spacial score (nSPS) is 20.2. The third kappa shape index (κ3) is 2.94. The number of carbonyl (C=O) groups is 1. The van der Waals surface area contributed by atoms with Crippen LogP contribution in [0.2, 0.25) is 0 Å². The number of Topliss-reactive ketones (excluding diaryl/α,β-unsaturated/α-hetero) is 1. The zero-order chi connectivity index (χ0) is 13.8. The van der Waals surface area contributed by atoms with Gasteiger partial charge in [-0.15, -0.1) is 0 Å². The fraction of sp³-hybridized carbons (Fsp3) is 0.188. The Balaban J connectivity index is 2.35. The summed E-state index contributed by atoms with van der Waals surface area (Å²) in [7, 11) is 3.84. The lowest BCUT2D eigenvalue weighted by Gasteiger charge is -2.21. The van der Waals surface area contributed by atoms with Gasteiger partial charge in [-0.05, 0) is 6.08 Å². The molecular weight excluding hydrogens is 236 g/mol. The van der Waals surface area contributed by atoms with Gasteiger partial charge in [-0.3, -0.25) is 4.79 Å². The molecule has 3 nitrogen and oxygen atoms in total. The minimum absolute atomic E-state index is 0.0704. The Kier molecular flexibility index (Phi) is 3.85. The summed E-state index contributed by atoms with van der Waals surface area (Å²) >= 11 is 0. The average molecular weight is 254 g/mol. The van der Waals surface area contributed by atoms with E-state index in [4.69, 9.17) is 5.73 Å². The van der Waals surface area contributed by atoms with Crippen LogP contribution in [0.25, 0.3) is 0 Å². The van der Waals surface area contributed by atoms with Gasteiger partial charge in [0, 0.05) is 37.1 Å². The fourth-order valence-electron chi connectivity index (χ4n) is 2.09. The first-order valence-electron chi connectivity index (χ1n) is 6.21. The van der Waals surface area contributed by atoms with Crippen molar-refractivity contribution in [1.82, 2.24) is 4.90 Å². The second-order valence-corrected chi connectivity index (χ2v) is 4.76. The van der Waals surface area contributed by atoms with Gasteiger partial charge in [0.2, 0.25) is 0 Å². The highest BCUT2D eigenvalue weighted by Gasteiger charge is 2.24. The number of ketones is 1. The molecular formula is C16H18N2O. The molecule has 1 aromatic carbocycles. The molecule has 1 aliphatic carbocycles. The fourth-order valence-corrected chi connectivity index (χ4v) is 2.09. The average Bonchev–Trinajstić information content (AvgIpc) is 2.41. The molecule has 0 spiro atoms. The van der Waals surface area contributed by atoms with E-state index in [1.165, 1.54) is 0 Å². The minimum atomic E-state index is -0.310. The van der Waals surface area contributed by atoms with Gasteiger partial charge >= 0.3 is 0 Å². The molecule has 1 unspecified atom stereocenters. The second kappa shape index (κ2) is 5.57. The van der Waals surface area contributed by atoms with Crippen molar-refractivity contribution >= 4 is 5.78 Å². The summed E-state index contributed by atoms with van der Waals surface area (Å²) in [6.07, 6.45) is 7.46. The Bertz CT molecular complexity index is 553. The van der Waals surface area contributed by atoms with Crippen molar-refractivity contribution in [3.63, 3.8) is 0 Å². The monoisotopic (exact) mass is 254 g/mol. The van der Waals surface area contributed by atoms with E-state index in [0.717, 1.165) is 5.57 Å². The molecule has 2 rings (SSSR count). The van der Waals surface area contributed by atoms with Crippen molar-refractivity contribution in [2.24, 2.45) is 11.7 Å². The summed E-state index contributed by atoms with van der Waals surface area (Å²) in [4.78, 5) is 14.4. The quantitative estimate of drug-likeness (QED) is 0.842. The van der Waals surface area contributed by atoms with E-state index in [0.29, 0.717) is 11.3 Å². The summed E-state index contributed by atoms with van der Waals surface area (Å²) < 4.78 is 0. The zero-order valence-electron chi connectivity index (χ0n) is 11.2. The van der Waals surface area contributed by atoms with Crippen LogP contribution >= 0.6 is 0 Å². The maximum Gasteiger partial charge on any atom is 0.174 e. The van der Waals surface area contributed by atoms with E-state index < -0.39 is 0 Å². The van der Waals surface area contributed by atoms with Gasteiger partial charge in [0.1, 0.15) is 0 Å². The van der Waals surface area contributed by atoms with Crippen molar-refractivity contribution in [2.45, 2.75) is 0 Å². The number of hydrogen-bond acceptors (Lipinski definition) is 3. The van der Waals surface area contributed by atoms with Crippen LogP contribution in [0, 0.1) is 5.92 Å². The first-order valence-corrected chi connectivity index (χ1v) is 6.21. The molecule has 0 fully saturated rings. The Labute approximate surface area is 113 Å². The SMILES string of the molecule is CN(C)C=C1C(N)=CC=CC1C(=O)c1ccccc1. The van der Waals surface area contributed by atoms with Gasteiger partial charge < -0.3 is 10.6 Å². The first kappa shape index (κ1) is 13.1. The van der Waals surface area contributed by atoms with Gasteiger partial charge in [0.15, 0.2) is 5.78 Å². The molecule has 3 heteroatoms. The van der Waals surface area contributed by atoms with Crippen LogP contribution in [0.15, 0.2) is 66.0 Å². The summed E-state index contributed by atoms with van der Waals surface area (Å²) in [6, 6.07) is 9.30. The molecule has 98 valence electrons. The third-order valence-electron chi connectivity index (χ3n) is 2.99. The number of nitrogens with zero attached hydrogens (tertiary/aromatic N) is 1. The predicted octanol–water partition coefficient (Wildman–Crippen LogP) is 2.34. The maximum absolute atomic E-state index is 12.5. The highest BCUT2D eigenvalue weighted by Crippen LogP contribution is 2.26. The molecule has 0 saturated heterocycles. The molecule has 0 amide bonds. The summed E-state index contributed by atoms with van der Waals surface area (Å²) in [5.41, 5.74) is 8.19. The molecule has 0 radical (unpaired) electrons.